The molecule has 8 nitrogen and oxygen atoms in total. The van der Waals surface area contributed by atoms with E-state index < -0.39 is 22.2 Å². The van der Waals surface area contributed by atoms with E-state index in [4.69, 9.17) is 0 Å². The van der Waals surface area contributed by atoms with Gasteiger partial charge < -0.3 is 0 Å². The molecule has 1 aromatic rings. The number of nitro benzene ring substituents is 1. The van der Waals surface area contributed by atoms with Crippen molar-refractivity contribution >= 4 is 17.7 Å². The second-order valence-corrected chi connectivity index (χ2v) is 3.24. The van der Waals surface area contributed by atoms with Gasteiger partial charge in [-0.15, -0.1) is 0 Å². The van der Waals surface area contributed by atoms with Crippen molar-refractivity contribution in [2.75, 3.05) is 13.1 Å². The highest BCUT2D eigenvalue weighted by Crippen LogP contribution is 2.17. The lowest BCUT2D eigenvalue weighted by Gasteiger charge is -1.99. The molecule has 0 radical (unpaired) electrons. The van der Waals surface area contributed by atoms with E-state index >= 15 is 0 Å². The van der Waals surface area contributed by atoms with E-state index in [1.807, 2.05) is 0 Å². The van der Waals surface area contributed by atoms with E-state index in [0.717, 1.165) is 6.21 Å². The number of nitro groups is 2. The van der Waals surface area contributed by atoms with Crippen LogP contribution in [0.5, 0.6) is 0 Å². The van der Waals surface area contributed by atoms with Crippen LogP contribution in [-0.2, 0) is 0 Å². The fourth-order valence-corrected chi connectivity index (χ4v) is 1.23. The maximum Gasteiger partial charge on any atom is 0.280 e. The van der Waals surface area contributed by atoms with Crippen LogP contribution in [0.25, 0.3) is 0 Å². The van der Waals surface area contributed by atoms with Gasteiger partial charge in [-0.1, -0.05) is 12.1 Å². The first-order chi connectivity index (χ1) is 8.52. The molecule has 18 heavy (non-hydrogen) atoms. The van der Waals surface area contributed by atoms with Gasteiger partial charge in [-0.2, -0.15) is 0 Å². The molecule has 0 amide bonds. The van der Waals surface area contributed by atoms with Crippen LogP contribution in [0.15, 0.2) is 29.3 Å². The number of carbonyl (C=O) groups is 1. The number of hydrogen-bond acceptors (Lipinski definition) is 6. The molecule has 0 aliphatic rings. The molecule has 8 heteroatoms. The van der Waals surface area contributed by atoms with Gasteiger partial charge in [0, 0.05) is 11.0 Å². The Morgan fingerprint density at radius 3 is 2.56 bits per heavy atom. The molecule has 94 valence electrons. The van der Waals surface area contributed by atoms with Crippen molar-refractivity contribution in [3.63, 3.8) is 0 Å². The average molecular weight is 251 g/mol. The molecule has 0 aromatic heterocycles. The van der Waals surface area contributed by atoms with Gasteiger partial charge in [-0.05, 0) is 6.07 Å². The minimum Gasteiger partial charge on any atom is -0.292 e. The van der Waals surface area contributed by atoms with Crippen LogP contribution in [0.3, 0.4) is 0 Å². The summed E-state index contributed by atoms with van der Waals surface area (Å²) >= 11 is 0. The Morgan fingerprint density at radius 1 is 1.28 bits per heavy atom. The Bertz CT molecular complexity index is 512. The van der Waals surface area contributed by atoms with Gasteiger partial charge in [-0.25, -0.2) is 0 Å². The molecule has 1 aromatic carbocycles. The summed E-state index contributed by atoms with van der Waals surface area (Å²) in [5, 5.41) is 20.7. The molecular weight excluding hydrogens is 242 g/mol. The first-order valence-corrected chi connectivity index (χ1v) is 4.89. The molecule has 0 heterocycles. The lowest BCUT2D eigenvalue weighted by atomic mass is 10.1. The number of hydrogen-bond donors (Lipinski definition) is 0. The van der Waals surface area contributed by atoms with E-state index in [9.17, 15) is 25.0 Å². The zero-order valence-electron chi connectivity index (χ0n) is 9.18. The maximum atomic E-state index is 11.6. The highest BCUT2D eigenvalue weighted by atomic mass is 16.6. The third kappa shape index (κ3) is 3.74. The Kier molecular flexibility index (Phi) is 4.61. The molecule has 0 bridgehead atoms. The summed E-state index contributed by atoms with van der Waals surface area (Å²) < 4.78 is 0. The summed E-state index contributed by atoms with van der Waals surface area (Å²) in [5.41, 5.74) is -0.354. The van der Waals surface area contributed by atoms with E-state index in [1.54, 1.807) is 0 Å². The van der Waals surface area contributed by atoms with Gasteiger partial charge in [-0.3, -0.25) is 30.0 Å². The molecule has 0 saturated carbocycles. The normalized spacial score (nSPS) is 10.4. The zero-order chi connectivity index (χ0) is 13.5. The van der Waals surface area contributed by atoms with E-state index in [2.05, 4.69) is 4.99 Å². The van der Waals surface area contributed by atoms with Gasteiger partial charge in [0.25, 0.3) is 5.69 Å². The fourth-order valence-electron chi connectivity index (χ4n) is 1.23. The standard InChI is InChI=1S/C10H9N3O5/c14-10(7-11-5-6-12(15)16)8-3-1-2-4-9(8)13(17)18/h1-5H,6-7H2. The number of aliphatic imine (C=N–C) groups is 1. The minimum absolute atomic E-state index is 0.0549. The summed E-state index contributed by atoms with van der Waals surface area (Å²) in [6, 6.07) is 5.49. The van der Waals surface area contributed by atoms with E-state index in [1.165, 1.54) is 24.3 Å². The van der Waals surface area contributed by atoms with E-state index in [0.29, 0.717) is 0 Å². The molecular formula is C10H9N3O5. The Hall–Kier alpha value is -2.64. The molecule has 1 rings (SSSR count). The van der Waals surface area contributed by atoms with Crippen LogP contribution in [-0.4, -0.2) is 34.9 Å². The Labute approximate surface area is 101 Å². The van der Waals surface area contributed by atoms with Crippen LogP contribution >= 0.6 is 0 Å². The highest BCUT2D eigenvalue weighted by molar-refractivity contribution is 6.01. The van der Waals surface area contributed by atoms with Crippen molar-refractivity contribution in [2.24, 2.45) is 4.99 Å². The summed E-state index contributed by atoms with van der Waals surface area (Å²) in [6.45, 7) is -0.830. The molecule has 0 atom stereocenters. The molecule has 0 spiro atoms. The fraction of sp³-hybridized carbons (Fsp3) is 0.200. The molecule has 0 aliphatic carbocycles. The largest absolute Gasteiger partial charge is 0.292 e. The number of ketones is 1. The summed E-state index contributed by atoms with van der Waals surface area (Å²) in [7, 11) is 0. The number of Topliss-reactive ketones (excluding diaryl/α,β-unsaturated/α-hetero) is 1. The van der Waals surface area contributed by atoms with Gasteiger partial charge in [0.15, 0.2) is 5.78 Å². The lowest BCUT2D eigenvalue weighted by molar-refractivity contribution is -0.462. The molecule has 0 N–H and O–H groups in total. The number of benzene rings is 1. The number of carbonyl (C=O) groups excluding carboxylic acids is 1. The summed E-state index contributed by atoms with van der Waals surface area (Å²) in [4.78, 5) is 34.6. The third-order valence-electron chi connectivity index (χ3n) is 2.00. The molecule has 0 aliphatic heterocycles. The number of para-hydroxylation sites is 1. The first kappa shape index (κ1) is 13.4. The van der Waals surface area contributed by atoms with Gasteiger partial charge in [0.1, 0.15) is 6.54 Å². The predicted molar refractivity (Wildman–Crippen MR) is 62.6 cm³/mol. The SMILES string of the molecule is O=C(CN=CC[N+](=O)[O-])c1ccccc1[N+](=O)[O-]. The van der Waals surface area contributed by atoms with Gasteiger partial charge >= 0.3 is 0 Å². The minimum atomic E-state index is -0.659. The third-order valence-corrected chi connectivity index (χ3v) is 2.00. The van der Waals surface area contributed by atoms with Crippen molar-refractivity contribution in [1.82, 2.24) is 0 Å². The molecule has 0 saturated heterocycles. The van der Waals surface area contributed by atoms with Crippen LogP contribution in [0.1, 0.15) is 10.4 Å². The summed E-state index contributed by atoms with van der Waals surface area (Å²) in [6.07, 6.45) is 0.993. The van der Waals surface area contributed by atoms with Crippen LogP contribution in [0, 0.1) is 20.2 Å². The van der Waals surface area contributed by atoms with Crippen molar-refractivity contribution in [1.29, 1.82) is 0 Å². The monoisotopic (exact) mass is 251 g/mol. The van der Waals surface area contributed by atoms with Gasteiger partial charge in [0.2, 0.25) is 6.54 Å². The summed E-state index contributed by atoms with van der Waals surface area (Å²) in [5.74, 6) is -0.554. The van der Waals surface area contributed by atoms with Crippen molar-refractivity contribution < 1.29 is 14.6 Å². The van der Waals surface area contributed by atoms with Crippen LogP contribution in [0.2, 0.25) is 0 Å². The van der Waals surface area contributed by atoms with Crippen LogP contribution < -0.4 is 0 Å². The Morgan fingerprint density at radius 2 is 1.94 bits per heavy atom. The second-order valence-electron chi connectivity index (χ2n) is 3.24. The Balaban J connectivity index is 2.76. The smallest absolute Gasteiger partial charge is 0.280 e. The average Bonchev–Trinajstić information content (AvgIpc) is 2.34. The zero-order valence-corrected chi connectivity index (χ0v) is 9.18. The van der Waals surface area contributed by atoms with Crippen LogP contribution in [0.4, 0.5) is 5.69 Å². The van der Waals surface area contributed by atoms with Crippen molar-refractivity contribution in [3.8, 4) is 0 Å². The van der Waals surface area contributed by atoms with E-state index in [-0.39, 0.29) is 17.8 Å². The second kappa shape index (κ2) is 6.18. The quantitative estimate of drug-likeness (QED) is 0.325. The highest BCUT2D eigenvalue weighted by Gasteiger charge is 2.18. The predicted octanol–water partition coefficient (Wildman–Crippen LogP) is 1.12. The first-order valence-electron chi connectivity index (χ1n) is 4.89. The maximum absolute atomic E-state index is 11.6. The molecule has 0 fully saturated rings. The lowest BCUT2D eigenvalue weighted by Crippen LogP contribution is -2.08. The molecule has 0 unspecified atom stereocenters. The van der Waals surface area contributed by atoms with Crippen molar-refractivity contribution in [3.05, 3.63) is 50.1 Å². The topological polar surface area (TPSA) is 116 Å². The number of nitrogens with zero attached hydrogens (tertiary/aromatic N) is 3. The van der Waals surface area contributed by atoms with Crippen molar-refractivity contribution in [2.45, 2.75) is 0 Å². The van der Waals surface area contributed by atoms with Gasteiger partial charge in [0.05, 0.1) is 16.7 Å². The number of rotatable bonds is 6.